The van der Waals surface area contributed by atoms with E-state index < -0.39 is 10.8 Å². The zero-order chi connectivity index (χ0) is 60.9. The van der Waals surface area contributed by atoms with Crippen LogP contribution in [0.3, 0.4) is 0 Å². The molecule has 7 aromatic carbocycles. The SMILES string of the molecule is [2H]c1c([2H])c(C(C)(C)C)c([2H])c(C(C)(C)C)c1-c1cc(C(C)(C)C)cc(-c2ccc3c(c2)C(C)(C)CCC3(C)C)c1N1[CH-]N(c2[c-]c(Oc3[c-]c4c(cc3)c3c([2H])c([2H])c([2H])c([2H])c3n4-c3cc(C(C)(C)C)ccn3)ccc2)c2ccccc21.[Pt]. The molecule has 0 radical (unpaired) electrons. The van der Waals surface area contributed by atoms with Gasteiger partial charge in [0.1, 0.15) is 5.82 Å². The maximum absolute atomic E-state index is 10.2. The van der Waals surface area contributed by atoms with E-state index in [-0.39, 0.29) is 79.0 Å². The van der Waals surface area contributed by atoms with Gasteiger partial charge in [0.15, 0.2) is 0 Å². The van der Waals surface area contributed by atoms with Gasteiger partial charge >= 0.3 is 0 Å². The number of pyridine rings is 1. The topological polar surface area (TPSA) is 33.5 Å². The molecule has 404 valence electrons. The first-order chi connectivity index (χ1) is 39.1. The van der Waals surface area contributed by atoms with E-state index in [4.69, 9.17) is 15.2 Å². The largest absolute Gasteiger partial charge is 0.509 e. The van der Waals surface area contributed by atoms with Crippen LogP contribution in [-0.2, 0) is 53.6 Å². The Labute approximate surface area is 490 Å². The molecule has 0 N–H and O–H groups in total. The number of rotatable bonds is 7. The van der Waals surface area contributed by atoms with Crippen LogP contribution in [0.1, 0.15) is 167 Å². The van der Waals surface area contributed by atoms with Crippen LogP contribution in [0.15, 0.2) is 146 Å². The van der Waals surface area contributed by atoms with Crippen LogP contribution in [0.25, 0.3) is 49.9 Å². The quantitative estimate of drug-likeness (QED) is 0.149. The Hall–Kier alpha value is -6.42. The van der Waals surface area contributed by atoms with E-state index in [2.05, 4.69) is 161 Å². The van der Waals surface area contributed by atoms with Crippen molar-refractivity contribution in [3.8, 4) is 39.6 Å². The fourth-order valence-electron chi connectivity index (χ4n) is 11.2. The molecule has 0 saturated carbocycles. The van der Waals surface area contributed by atoms with Gasteiger partial charge in [-0.05, 0) is 138 Å². The van der Waals surface area contributed by atoms with E-state index in [9.17, 15) is 4.11 Å². The number of benzene rings is 7. The van der Waals surface area contributed by atoms with Crippen LogP contribution in [0.5, 0.6) is 11.5 Å². The Balaban J connectivity index is 0.00000803. The minimum atomic E-state index is -0.598. The average Bonchev–Trinajstić information content (AvgIpc) is 3.72. The molecule has 5 nitrogen and oxygen atoms in total. The molecule has 0 amide bonds. The number of hydrogen-bond donors (Lipinski definition) is 0. The van der Waals surface area contributed by atoms with Gasteiger partial charge in [-0.1, -0.05) is 183 Å². The van der Waals surface area contributed by atoms with Crippen LogP contribution >= 0.6 is 0 Å². The van der Waals surface area contributed by atoms with Gasteiger partial charge in [-0.15, -0.1) is 48.1 Å². The predicted octanol–water partition coefficient (Wildman–Crippen LogP) is 19.9. The molecule has 0 spiro atoms. The van der Waals surface area contributed by atoms with E-state index in [0.717, 1.165) is 63.3 Å². The maximum atomic E-state index is 10.2. The summed E-state index contributed by atoms with van der Waals surface area (Å²) < 4.78 is 74.2. The minimum absolute atomic E-state index is 0. The molecule has 11 rings (SSSR count). The third-order valence-corrected chi connectivity index (χ3v) is 15.9. The van der Waals surface area contributed by atoms with Crippen molar-refractivity contribution >= 4 is 44.6 Å². The first kappa shape index (κ1) is 46.5. The number of ether oxygens (including phenoxy) is 1. The number of para-hydroxylation sites is 3. The molecule has 1 aliphatic heterocycles. The molecular weight excluding hydrogens is 1130 g/mol. The third-order valence-electron chi connectivity index (χ3n) is 15.9. The average molecular weight is 1220 g/mol. The van der Waals surface area contributed by atoms with Gasteiger partial charge in [0.05, 0.1) is 9.60 Å². The molecule has 6 heteroatoms. The van der Waals surface area contributed by atoms with Crippen LogP contribution < -0.4 is 14.5 Å². The summed E-state index contributed by atoms with van der Waals surface area (Å²) in [6.45, 7) is 37.0. The monoisotopic (exact) mass is 1220 g/mol. The second-order valence-corrected chi connectivity index (χ2v) is 26.8. The van der Waals surface area contributed by atoms with Gasteiger partial charge < -0.3 is 19.1 Å². The zero-order valence-electron chi connectivity index (χ0n) is 55.3. The zero-order valence-corrected chi connectivity index (χ0v) is 50.6. The Bertz CT molecular complexity index is 4190. The van der Waals surface area contributed by atoms with Crippen LogP contribution in [0.4, 0.5) is 22.7 Å². The molecule has 0 fully saturated rings. The first-order valence-electron chi connectivity index (χ1n) is 30.8. The standard InChI is InChI=1S/C72H77N4O.Pt/c1-67(2,3)47-29-31-53(59(41-47)70(10,11)12)57-40-49(69(7,8)9)39-56(46-28-33-58-60(38-46)72(15,16)36-35-71(58,13)14)66(57)75-45-74(62-26-19-20-27-63(62)75)50-22-21-23-51(43-50)77-52-30-32-55-54-24-17-18-25-61(54)76(64(55)44-52)65-42-48(34-37-73-65)68(4,5)6;/h17-34,37-42,45H,35-36H2,1-16H3;/q-3;/i17D,18D,24D,25D,29D,31D,41D;. The van der Waals surface area contributed by atoms with Crippen molar-refractivity contribution < 1.29 is 35.4 Å². The van der Waals surface area contributed by atoms with Crippen molar-refractivity contribution in [3.63, 3.8) is 0 Å². The second kappa shape index (κ2) is 19.4. The Morgan fingerprint density at radius 2 is 1.23 bits per heavy atom. The van der Waals surface area contributed by atoms with Crippen molar-refractivity contribution in [2.75, 3.05) is 9.80 Å². The minimum Gasteiger partial charge on any atom is -0.509 e. The van der Waals surface area contributed by atoms with E-state index in [1.807, 2.05) is 69.3 Å². The van der Waals surface area contributed by atoms with Crippen molar-refractivity contribution in [3.05, 3.63) is 198 Å². The number of anilines is 4. The van der Waals surface area contributed by atoms with E-state index >= 15 is 0 Å². The molecule has 3 heterocycles. The van der Waals surface area contributed by atoms with Gasteiger partial charge in [0.25, 0.3) is 0 Å². The van der Waals surface area contributed by atoms with Gasteiger partial charge in [0, 0.05) is 72.5 Å². The summed E-state index contributed by atoms with van der Waals surface area (Å²) in [5, 5.41) is 0.957. The molecule has 0 unspecified atom stereocenters. The molecule has 0 atom stereocenters. The summed E-state index contributed by atoms with van der Waals surface area (Å²) in [5.41, 5.74) is 11.7. The second-order valence-electron chi connectivity index (χ2n) is 26.8. The number of nitrogens with zero attached hydrogens (tertiary/aromatic N) is 4. The Morgan fingerprint density at radius 1 is 0.577 bits per heavy atom. The summed E-state index contributed by atoms with van der Waals surface area (Å²) in [5.74, 6) is 1.25. The van der Waals surface area contributed by atoms with Crippen molar-refractivity contribution in [2.24, 2.45) is 0 Å². The Kier molecular flexibility index (Phi) is 11.6. The molecule has 78 heavy (non-hydrogen) atoms. The van der Waals surface area contributed by atoms with Gasteiger partial charge in [0.2, 0.25) is 0 Å². The molecule has 9 aromatic rings. The van der Waals surface area contributed by atoms with Crippen molar-refractivity contribution in [1.29, 1.82) is 0 Å². The summed E-state index contributed by atoms with van der Waals surface area (Å²) in [6, 6.07) is 39.7. The van der Waals surface area contributed by atoms with Crippen molar-refractivity contribution in [1.82, 2.24) is 9.55 Å². The van der Waals surface area contributed by atoms with Gasteiger partial charge in [-0.2, -0.15) is 12.1 Å². The Morgan fingerprint density at radius 3 is 1.92 bits per heavy atom. The molecule has 0 bridgehead atoms. The van der Waals surface area contributed by atoms with Gasteiger partial charge in [-0.25, -0.2) is 4.98 Å². The number of hydrogen-bond acceptors (Lipinski definition) is 4. The molecule has 2 aromatic heterocycles. The summed E-state index contributed by atoms with van der Waals surface area (Å²) in [4.78, 5) is 9.10. The number of fused-ring (bicyclic) bond motifs is 5. The number of aromatic nitrogens is 2. The normalized spacial score (nSPS) is 16.6. The third kappa shape index (κ3) is 9.92. The van der Waals surface area contributed by atoms with E-state index in [1.54, 1.807) is 16.8 Å². The fourth-order valence-corrected chi connectivity index (χ4v) is 11.2. The van der Waals surface area contributed by atoms with E-state index in [0.29, 0.717) is 62.0 Å². The molecule has 0 saturated heterocycles. The summed E-state index contributed by atoms with van der Waals surface area (Å²) in [7, 11) is 0. The smallest absolute Gasteiger partial charge is 0.135 e. The van der Waals surface area contributed by atoms with Crippen LogP contribution in [-0.4, -0.2) is 9.55 Å². The maximum Gasteiger partial charge on any atom is 0.135 e. The molecule has 1 aliphatic carbocycles. The van der Waals surface area contributed by atoms with Crippen LogP contribution in [0, 0.1) is 18.8 Å². The first-order valence-corrected chi connectivity index (χ1v) is 27.3. The molecular formula is C72H77N4OPt-3. The van der Waals surface area contributed by atoms with Crippen LogP contribution in [0.2, 0.25) is 0 Å². The van der Waals surface area contributed by atoms with E-state index in [1.165, 1.54) is 11.1 Å². The summed E-state index contributed by atoms with van der Waals surface area (Å²) in [6.07, 6.45) is 3.87. The summed E-state index contributed by atoms with van der Waals surface area (Å²) >= 11 is 0. The fraction of sp³-hybridized carbons (Fsp3) is 0.333. The van der Waals surface area contributed by atoms with Gasteiger partial charge in [-0.3, -0.25) is 0 Å². The predicted molar refractivity (Wildman–Crippen MR) is 325 cm³/mol. The molecule has 2 aliphatic rings. The van der Waals surface area contributed by atoms with Crippen molar-refractivity contribution in [2.45, 2.75) is 156 Å².